The van der Waals surface area contributed by atoms with Crippen molar-refractivity contribution in [1.82, 2.24) is 24.5 Å². The Labute approximate surface area is 363 Å². The molecule has 2 saturated heterocycles. The topological polar surface area (TPSA) is 192 Å². The van der Waals surface area contributed by atoms with Crippen molar-refractivity contribution in [1.29, 1.82) is 0 Å². The summed E-state index contributed by atoms with van der Waals surface area (Å²) in [5.74, 6) is 0.0715. The van der Waals surface area contributed by atoms with Crippen LogP contribution in [0.1, 0.15) is 47.2 Å². The average molecular weight is 883 g/mol. The van der Waals surface area contributed by atoms with Crippen molar-refractivity contribution in [2.24, 2.45) is 11.8 Å². The Bertz CT molecular complexity index is 2620. The van der Waals surface area contributed by atoms with Gasteiger partial charge in [-0.15, -0.1) is 0 Å². The van der Waals surface area contributed by atoms with E-state index in [-0.39, 0.29) is 40.8 Å². The van der Waals surface area contributed by atoms with Crippen LogP contribution in [0.5, 0.6) is 11.5 Å². The Morgan fingerprint density at radius 1 is 0.968 bits per heavy atom. The summed E-state index contributed by atoms with van der Waals surface area (Å²) in [7, 11) is -4.57. The number of hydrogen-bond acceptors (Lipinski definition) is 12. The molecule has 1 atom stereocenters. The van der Waals surface area contributed by atoms with Gasteiger partial charge in [-0.2, -0.15) is 0 Å². The molecule has 1 aliphatic carbocycles. The first kappa shape index (κ1) is 41.6. The minimum atomic E-state index is -4.57. The van der Waals surface area contributed by atoms with Crippen LogP contribution in [-0.2, 0) is 32.5 Å². The van der Waals surface area contributed by atoms with E-state index >= 15 is 0 Å². The maximum Gasteiger partial charge on any atom is 0.293 e. The molecule has 3 aliphatic heterocycles. The van der Waals surface area contributed by atoms with Crippen molar-refractivity contribution < 1.29 is 32.4 Å². The molecule has 2 amide bonds. The van der Waals surface area contributed by atoms with Gasteiger partial charge in [-0.1, -0.05) is 17.7 Å². The SMILES string of the molecule is O=C(NS(=O)(=O)c1ccc(NCC2CCOCC2)c([N+](=O)[O-])c1)c1ccc(N2CCN(C[C@@H]3Cc4cc(Cl)ccc4CN3C(=O)C3CC3)CC2)cc1Oc1cnc2[nH]ccc2c1. The van der Waals surface area contributed by atoms with E-state index in [2.05, 4.69) is 34.7 Å². The molecule has 0 bridgehead atoms. The summed E-state index contributed by atoms with van der Waals surface area (Å²) in [6.45, 7) is 5.79. The number of sulfonamides is 1. The number of ether oxygens (including phenoxy) is 2. The van der Waals surface area contributed by atoms with Crippen LogP contribution in [0.15, 0.2) is 84.0 Å². The number of rotatable bonds is 13. The smallest absolute Gasteiger partial charge is 0.293 e. The number of aromatic nitrogens is 2. The first-order valence-electron chi connectivity index (χ1n) is 20.9. The van der Waals surface area contributed by atoms with Crippen LogP contribution < -0.4 is 19.7 Å². The fraction of sp³-hybridized carbons (Fsp3) is 0.386. The molecule has 1 saturated carbocycles. The van der Waals surface area contributed by atoms with Crippen LogP contribution in [0.4, 0.5) is 17.1 Å². The molecule has 18 heteroatoms. The Kier molecular flexibility index (Phi) is 11.8. The lowest BCUT2D eigenvalue weighted by molar-refractivity contribution is -0.384. The molecule has 5 heterocycles. The van der Waals surface area contributed by atoms with Gasteiger partial charge >= 0.3 is 0 Å². The fourth-order valence-electron chi connectivity index (χ4n) is 8.59. The van der Waals surface area contributed by atoms with Gasteiger partial charge < -0.3 is 29.6 Å². The lowest BCUT2D eigenvalue weighted by Crippen LogP contribution is -2.54. The Morgan fingerprint density at radius 3 is 2.55 bits per heavy atom. The molecule has 16 nitrogen and oxygen atoms in total. The van der Waals surface area contributed by atoms with E-state index in [4.69, 9.17) is 21.1 Å². The summed E-state index contributed by atoms with van der Waals surface area (Å²) in [4.78, 5) is 52.4. The molecule has 324 valence electrons. The molecular formula is C44H47ClN8O8S. The number of pyridine rings is 1. The lowest BCUT2D eigenvalue weighted by Gasteiger charge is -2.42. The second-order valence-electron chi connectivity index (χ2n) is 16.5. The Hall–Kier alpha value is -5.75. The largest absolute Gasteiger partial charge is 0.455 e. The molecular weight excluding hydrogens is 836 g/mol. The van der Waals surface area contributed by atoms with E-state index < -0.39 is 31.4 Å². The van der Waals surface area contributed by atoms with Gasteiger partial charge in [0.1, 0.15) is 22.8 Å². The number of halogens is 1. The highest BCUT2D eigenvalue weighted by molar-refractivity contribution is 7.90. The number of nitrogens with one attached hydrogen (secondary N) is 3. The lowest BCUT2D eigenvalue weighted by atomic mass is 9.93. The zero-order valence-electron chi connectivity index (χ0n) is 33.9. The minimum Gasteiger partial charge on any atom is -0.455 e. The third-order valence-electron chi connectivity index (χ3n) is 12.3. The molecule has 0 radical (unpaired) electrons. The highest BCUT2D eigenvalue weighted by Gasteiger charge is 2.39. The van der Waals surface area contributed by atoms with E-state index in [1.807, 2.05) is 24.3 Å². The number of piperazine rings is 1. The van der Waals surface area contributed by atoms with Gasteiger partial charge in [-0.25, -0.2) is 18.1 Å². The maximum atomic E-state index is 13.9. The first-order chi connectivity index (χ1) is 30.0. The number of aromatic amines is 1. The molecule has 4 aliphatic rings. The molecule has 5 aromatic rings. The van der Waals surface area contributed by atoms with Crippen molar-refractivity contribution in [3.8, 4) is 11.5 Å². The summed E-state index contributed by atoms with van der Waals surface area (Å²) in [5.41, 5.74) is 3.44. The predicted octanol–water partition coefficient (Wildman–Crippen LogP) is 6.36. The Morgan fingerprint density at radius 2 is 1.77 bits per heavy atom. The van der Waals surface area contributed by atoms with Crippen molar-refractivity contribution >= 4 is 61.5 Å². The zero-order valence-corrected chi connectivity index (χ0v) is 35.5. The molecule has 3 fully saturated rings. The zero-order chi connectivity index (χ0) is 43.0. The summed E-state index contributed by atoms with van der Waals surface area (Å²) < 4.78 is 41.1. The van der Waals surface area contributed by atoms with E-state index in [0.717, 1.165) is 74.4 Å². The average Bonchev–Trinajstić information content (AvgIpc) is 4.02. The van der Waals surface area contributed by atoms with E-state index in [0.29, 0.717) is 55.8 Å². The normalized spacial score (nSPS) is 18.6. The molecule has 3 N–H and O–H groups in total. The van der Waals surface area contributed by atoms with E-state index in [9.17, 15) is 28.1 Å². The second-order valence-corrected chi connectivity index (χ2v) is 18.6. The van der Waals surface area contributed by atoms with Crippen molar-refractivity contribution in [3.63, 3.8) is 0 Å². The molecule has 9 rings (SSSR count). The minimum absolute atomic E-state index is 0.0311. The number of fused-ring (bicyclic) bond motifs is 2. The predicted molar refractivity (Wildman–Crippen MR) is 233 cm³/mol. The summed E-state index contributed by atoms with van der Waals surface area (Å²) in [6, 6.07) is 18.1. The molecule has 0 unspecified atom stereocenters. The van der Waals surface area contributed by atoms with Crippen molar-refractivity contribution in [2.45, 2.75) is 49.6 Å². The number of H-pyrrole nitrogens is 1. The van der Waals surface area contributed by atoms with Gasteiger partial charge in [0.25, 0.3) is 21.6 Å². The highest BCUT2D eigenvalue weighted by atomic mass is 35.5. The third kappa shape index (κ3) is 9.21. The van der Waals surface area contributed by atoms with Gasteiger partial charge in [-0.05, 0) is 97.7 Å². The standard InChI is InChI=1S/C44H47ClN8O8S/c45-33-4-3-31-26-52(44(55)29-1-2-29)35(20-32(31)19-33)27-50-13-15-51(16-14-50)34-5-7-38(41(22-34)61-36-21-30-9-12-46-42(30)48-25-36)43(54)49-62(58,59)37-6-8-39(40(23-37)53(56)57)47-24-28-10-17-60-18-11-28/h3-9,12,19,21-23,25,28-29,35,47H,1-2,10-11,13-18,20,24,26-27H2,(H,46,48)(H,49,54)/t35-/m0/s1. The van der Waals surface area contributed by atoms with Gasteiger partial charge in [0.05, 0.1) is 21.6 Å². The van der Waals surface area contributed by atoms with Crippen LogP contribution in [0, 0.1) is 22.0 Å². The summed E-state index contributed by atoms with van der Waals surface area (Å²) in [5, 5.41) is 16.6. The monoisotopic (exact) mass is 882 g/mol. The highest BCUT2D eigenvalue weighted by Crippen LogP contribution is 2.37. The Balaban J connectivity index is 0.917. The number of carbonyl (C=O) groups is 2. The fourth-order valence-corrected chi connectivity index (χ4v) is 9.77. The molecule has 2 aromatic heterocycles. The maximum absolute atomic E-state index is 13.9. The van der Waals surface area contributed by atoms with Crippen molar-refractivity contribution in [3.05, 3.63) is 111 Å². The van der Waals surface area contributed by atoms with Gasteiger partial charge in [0.2, 0.25) is 5.91 Å². The van der Waals surface area contributed by atoms with E-state index in [1.54, 1.807) is 24.4 Å². The van der Waals surface area contributed by atoms with Crippen LogP contribution >= 0.6 is 11.6 Å². The second kappa shape index (κ2) is 17.6. The quantitative estimate of drug-likeness (QED) is 0.0878. The number of hydrogen-bond donors (Lipinski definition) is 3. The number of carbonyl (C=O) groups excluding carboxylic acids is 2. The molecule has 0 spiro atoms. The van der Waals surface area contributed by atoms with Crippen LogP contribution in [-0.4, -0.2) is 103 Å². The third-order valence-corrected chi connectivity index (χ3v) is 13.8. The first-order valence-corrected chi connectivity index (χ1v) is 22.8. The van der Waals surface area contributed by atoms with Gasteiger partial charge in [0, 0.05) is 105 Å². The summed E-state index contributed by atoms with van der Waals surface area (Å²) in [6.07, 6.45) is 7.52. The van der Waals surface area contributed by atoms with Crippen LogP contribution in [0.2, 0.25) is 5.02 Å². The number of anilines is 2. The number of benzene rings is 3. The molecule has 3 aromatic carbocycles. The number of nitro benzene ring substituents is 1. The summed E-state index contributed by atoms with van der Waals surface area (Å²) >= 11 is 6.37. The molecule has 62 heavy (non-hydrogen) atoms. The van der Waals surface area contributed by atoms with Crippen molar-refractivity contribution in [2.75, 3.05) is 62.7 Å². The van der Waals surface area contributed by atoms with Gasteiger partial charge in [-0.3, -0.25) is 24.6 Å². The number of nitro groups is 1. The number of nitrogens with zero attached hydrogens (tertiary/aromatic N) is 5. The van der Waals surface area contributed by atoms with E-state index in [1.165, 1.54) is 30.0 Å². The van der Waals surface area contributed by atoms with Gasteiger partial charge in [0.15, 0.2) is 0 Å². The number of amides is 2. The van der Waals surface area contributed by atoms with Crippen LogP contribution in [0.25, 0.3) is 11.0 Å². The van der Waals surface area contributed by atoms with Crippen LogP contribution in [0.3, 0.4) is 0 Å².